The first-order chi connectivity index (χ1) is 25.6. The van der Waals surface area contributed by atoms with Gasteiger partial charge in [0.2, 0.25) is 5.91 Å². The average Bonchev–Trinajstić information content (AvgIpc) is 3.85. The molecular formula is C40H44N8O5S. The summed E-state index contributed by atoms with van der Waals surface area (Å²) in [5.41, 5.74) is 3.04. The average molecular weight is 749 g/mol. The van der Waals surface area contributed by atoms with E-state index in [-0.39, 0.29) is 29.0 Å². The van der Waals surface area contributed by atoms with Crippen molar-refractivity contribution < 1.29 is 22.7 Å². The molecule has 1 atom stereocenters. The number of hydrogen-bond donors (Lipinski definition) is 0. The highest BCUT2D eigenvalue weighted by molar-refractivity contribution is 7.90. The second-order valence-electron chi connectivity index (χ2n) is 15.6. The number of pyridine rings is 1. The maximum absolute atomic E-state index is 15.1. The Morgan fingerprint density at radius 3 is 2.41 bits per heavy atom. The number of hydrogen-bond acceptors (Lipinski definition) is 8. The van der Waals surface area contributed by atoms with Crippen LogP contribution in [0.5, 0.6) is 0 Å². The molecule has 6 aromatic rings. The fourth-order valence-corrected chi connectivity index (χ4v) is 9.64. The molecule has 4 aromatic heterocycles. The third kappa shape index (κ3) is 5.48. The number of carbonyl (C=O) groups excluding carboxylic acids is 2. The van der Waals surface area contributed by atoms with Crippen molar-refractivity contribution >= 4 is 49.6 Å². The summed E-state index contributed by atoms with van der Waals surface area (Å²) in [5.74, 6) is -0.112. The normalized spacial score (nSPS) is 18.0. The Morgan fingerprint density at radius 2 is 1.70 bits per heavy atom. The van der Waals surface area contributed by atoms with E-state index in [1.54, 1.807) is 75.1 Å². The number of fused-ring (bicyclic) bond motifs is 5. The molecule has 14 heteroatoms. The van der Waals surface area contributed by atoms with Crippen LogP contribution in [0.15, 0.2) is 78.2 Å². The van der Waals surface area contributed by atoms with Crippen molar-refractivity contribution in [3.63, 3.8) is 0 Å². The molecule has 8 rings (SSSR count). The molecule has 1 saturated heterocycles. The van der Waals surface area contributed by atoms with Crippen LogP contribution in [0.3, 0.4) is 0 Å². The zero-order valence-corrected chi connectivity index (χ0v) is 32.4. The molecule has 6 heterocycles. The molecule has 1 spiro atoms. The van der Waals surface area contributed by atoms with Gasteiger partial charge in [0.15, 0.2) is 5.65 Å². The van der Waals surface area contributed by atoms with Gasteiger partial charge in [-0.25, -0.2) is 22.2 Å². The Hall–Kier alpha value is -5.50. The van der Waals surface area contributed by atoms with E-state index < -0.39 is 27.1 Å². The van der Waals surface area contributed by atoms with Gasteiger partial charge in [-0.15, -0.1) is 0 Å². The van der Waals surface area contributed by atoms with E-state index in [9.17, 15) is 9.59 Å². The zero-order chi connectivity index (χ0) is 38.3. The van der Waals surface area contributed by atoms with Crippen molar-refractivity contribution in [2.24, 2.45) is 7.05 Å². The van der Waals surface area contributed by atoms with Crippen LogP contribution in [-0.4, -0.2) is 79.6 Å². The molecule has 0 N–H and O–H groups in total. The summed E-state index contributed by atoms with van der Waals surface area (Å²) in [4.78, 5) is 36.4. The second-order valence-corrected chi connectivity index (χ2v) is 17.4. The molecule has 0 saturated carbocycles. The van der Waals surface area contributed by atoms with E-state index in [0.29, 0.717) is 59.3 Å². The van der Waals surface area contributed by atoms with Crippen molar-refractivity contribution in [3.8, 4) is 22.4 Å². The zero-order valence-electron chi connectivity index (χ0n) is 31.6. The van der Waals surface area contributed by atoms with Crippen molar-refractivity contribution in [1.29, 1.82) is 0 Å². The number of nitrogens with zero attached hydrogens (tertiary/aromatic N) is 8. The minimum Gasteiger partial charge on any atom is -0.444 e. The van der Waals surface area contributed by atoms with E-state index >= 15 is 8.42 Å². The molecule has 13 nitrogen and oxygen atoms in total. The predicted molar refractivity (Wildman–Crippen MR) is 207 cm³/mol. The lowest BCUT2D eigenvalue weighted by Crippen LogP contribution is -2.41. The number of benzene rings is 2. The van der Waals surface area contributed by atoms with Gasteiger partial charge in [0.1, 0.15) is 5.60 Å². The first-order valence-corrected chi connectivity index (χ1v) is 19.7. The lowest BCUT2D eigenvalue weighted by Gasteiger charge is -2.29. The van der Waals surface area contributed by atoms with Gasteiger partial charge in [0, 0.05) is 66.9 Å². The quantitative estimate of drug-likeness (QED) is 0.186. The molecule has 54 heavy (non-hydrogen) atoms. The summed E-state index contributed by atoms with van der Waals surface area (Å²) in [6.07, 6.45) is 7.83. The number of likely N-dealkylation sites (N-methyl/N-ethyl adjacent to an activating group) is 1. The Bertz CT molecular complexity index is 2580. The molecule has 2 aliphatic heterocycles. The number of aromatic nitrogens is 6. The predicted octanol–water partition coefficient (Wildman–Crippen LogP) is 6.91. The van der Waals surface area contributed by atoms with Crippen LogP contribution < -0.4 is 4.90 Å². The van der Waals surface area contributed by atoms with Gasteiger partial charge < -0.3 is 14.5 Å². The molecule has 2 aromatic carbocycles. The van der Waals surface area contributed by atoms with E-state index in [2.05, 4.69) is 10.2 Å². The maximum Gasteiger partial charge on any atom is 0.410 e. The van der Waals surface area contributed by atoms with Crippen LogP contribution in [-0.2, 0) is 32.0 Å². The number of carbonyl (C=O) groups is 2. The van der Waals surface area contributed by atoms with E-state index in [4.69, 9.17) is 9.72 Å². The Labute approximate surface area is 314 Å². The third-order valence-corrected chi connectivity index (χ3v) is 12.4. The van der Waals surface area contributed by atoms with Crippen LogP contribution in [0.1, 0.15) is 65.5 Å². The molecule has 2 aliphatic rings. The van der Waals surface area contributed by atoms with Gasteiger partial charge in [-0.2, -0.15) is 10.2 Å². The number of ether oxygens (including phenoxy) is 1. The highest BCUT2D eigenvalue weighted by Crippen LogP contribution is 2.55. The summed E-state index contributed by atoms with van der Waals surface area (Å²) in [6, 6.07) is 14.3. The van der Waals surface area contributed by atoms with Crippen molar-refractivity contribution in [2.75, 3.05) is 25.0 Å². The fourth-order valence-electron chi connectivity index (χ4n) is 8.13. The van der Waals surface area contributed by atoms with Crippen molar-refractivity contribution in [2.45, 2.75) is 75.8 Å². The van der Waals surface area contributed by atoms with Crippen LogP contribution in [0.4, 0.5) is 10.5 Å². The molecule has 0 bridgehead atoms. The minimum atomic E-state index is -4.28. The van der Waals surface area contributed by atoms with E-state index in [1.165, 1.54) is 3.97 Å². The number of aryl methyl sites for hydroxylation is 1. The van der Waals surface area contributed by atoms with E-state index in [0.717, 1.165) is 16.5 Å². The Balaban J connectivity index is 1.48. The lowest BCUT2D eigenvalue weighted by atomic mass is 9.74. The van der Waals surface area contributed by atoms with Gasteiger partial charge in [-0.3, -0.25) is 14.2 Å². The maximum atomic E-state index is 15.1. The van der Waals surface area contributed by atoms with Crippen LogP contribution in [0.25, 0.3) is 44.3 Å². The van der Waals surface area contributed by atoms with Gasteiger partial charge in [-0.1, -0.05) is 24.3 Å². The fraction of sp³-hybridized carbons (Fsp3) is 0.375. The summed E-state index contributed by atoms with van der Waals surface area (Å²) >= 11 is 0. The van der Waals surface area contributed by atoms with Crippen LogP contribution >= 0.6 is 0 Å². The molecule has 0 radical (unpaired) electrons. The highest BCUT2D eigenvalue weighted by Gasteiger charge is 2.53. The Morgan fingerprint density at radius 1 is 0.944 bits per heavy atom. The molecule has 0 aliphatic carbocycles. The largest absolute Gasteiger partial charge is 0.444 e. The molecule has 2 amide bonds. The van der Waals surface area contributed by atoms with E-state index in [1.807, 2.05) is 66.1 Å². The minimum absolute atomic E-state index is 0.00771. The van der Waals surface area contributed by atoms with Gasteiger partial charge in [-0.05, 0) is 83.7 Å². The van der Waals surface area contributed by atoms with Crippen LogP contribution in [0, 0.1) is 0 Å². The SMILES string of the molecule is CC(C)n1cc(-c2c(-c3ccc4c(cnn4C)c3)c3c4c(cnc3n2S(=O)(=O)c2ccccc2)N(C)C(=O)C42CCCN(C(=O)OC(C)(C)C)CC2)cn1. The Kier molecular flexibility index (Phi) is 8.25. The van der Waals surface area contributed by atoms with Crippen LogP contribution in [0.2, 0.25) is 0 Å². The molecule has 280 valence electrons. The number of anilines is 1. The first-order valence-electron chi connectivity index (χ1n) is 18.2. The van der Waals surface area contributed by atoms with Gasteiger partial charge in [0.05, 0.1) is 45.8 Å². The second kappa shape index (κ2) is 12.5. The summed E-state index contributed by atoms with van der Waals surface area (Å²) < 4.78 is 40.8. The number of likely N-dealkylation sites (tertiary alicyclic amines) is 1. The number of rotatable bonds is 5. The van der Waals surface area contributed by atoms with Gasteiger partial charge >= 0.3 is 6.09 Å². The monoisotopic (exact) mass is 748 g/mol. The van der Waals surface area contributed by atoms with Crippen molar-refractivity contribution in [1.82, 2.24) is 33.4 Å². The third-order valence-electron chi connectivity index (χ3n) is 10.7. The topological polar surface area (TPSA) is 137 Å². The summed E-state index contributed by atoms with van der Waals surface area (Å²) in [7, 11) is -0.661. The standard InChI is InChI=1S/C40H44N8O5S/c1-25(2)47-24-28(22-43-47)35-32(26-14-15-30-27(20-26)21-42-45(30)7)33-34-31(23-41-36(33)48(35)54(51,52)29-12-9-8-10-13-29)44(6)37(49)40(34)16-11-18-46(19-17-40)38(50)53-39(3,4)5/h8-10,12-15,20-25H,11,16-19H2,1-7H3. The first kappa shape index (κ1) is 35.5. The lowest BCUT2D eigenvalue weighted by molar-refractivity contribution is -0.123. The summed E-state index contributed by atoms with van der Waals surface area (Å²) in [6.45, 7) is 10.2. The summed E-state index contributed by atoms with van der Waals surface area (Å²) in [5, 5.41) is 10.6. The van der Waals surface area contributed by atoms with Gasteiger partial charge in [0.25, 0.3) is 10.0 Å². The molecule has 1 fully saturated rings. The highest BCUT2D eigenvalue weighted by atomic mass is 32.2. The van der Waals surface area contributed by atoms with Crippen molar-refractivity contribution in [3.05, 3.63) is 78.9 Å². The molecular weight excluding hydrogens is 705 g/mol. The number of amides is 2. The smallest absolute Gasteiger partial charge is 0.410 e. The molecule has 1 unspecified atom stereocenters.